The summed E-state index contributed by atoms with van der Waals surface area (Å²) in [6.45, 7) is 0. The number of amides is 2. The van der Waals surface area contributed by atoms with E-state index in [1.165, 1.54) is 24.3 Å². The number of rotatable bonds is 3. The molecular formula is C15H11N4O5S-. The molecule has 9 nitrogen and oxygen atoms in total. The Morgan fingerprint density at radius 3 is 2.44 bits per heavy atom. The zero-order valence-corrected chi connectivity index (χ0v) is 13.3. The number of carbonyl (C=O) groups is 1. The lowest BCUT2D eigenvalue weighted by atomic mass is 10.2. The number of urea groups is 1. The van der Waals surface area contributed by atoms with Crippen molar-refractivity contribution in [1.29, 1.82) is 0 Å². The van der Waals surface area contributed by atoms with Crippen molar-refractivity contribution in [2.24, 2.45) is 0 Å². The molecule has 10 heteroatoms. The predicted octanol–water partition coefficient (Wildman–Crippen LogP) is 0.595. The minimum absolute atomic E-state index is 0.289. The molecule has 0 spiro atoms. The summed E-state index contributed by atoms with van der Waals surface area (Å²) in [7, 11) is 0. The van der Waals surface area contributed by atoms with Crippen molar-refractivity contribution < 1.29 is 13.6 Å². The Kier molecular flexibility index (Phi) is 4.46. The van der Waals surface area contributed by atoms with Crippen LogP contribution < -0.4 is 21.3 Å². The molecule has 0 aliphatic carbocycles. The van der Waals surface area contributed by atoms with E-state index in [9.17, 15) is 23.1 Å². The van der Waals surface area contributed by atoms with Crippen LogP contribution in [-0.2, 0) is 11.3 Å². The molecule has 128 valence electrons. The zero-order valence-electron chi connectivity index (χ0n) is 12.5. The summed E-state index contributed by atoms with van der Waals surface area (Å²) >= 11 is -2.73. The van der Waals surface area contributed by atoms with Crippen molar-refractivity contribution >= 4 is 33.9 Å². The van der Waals surface area contributed by atoms with Gasteiger partial charge in [-0.25, -0.2) is 14.2 Å². The maximum absolute atomic E-state index is 12.5. The van der Waals surface area contributed by atoms with Gasteiger partial charge in [0.15, 0.2) is 0 Å². The van der Waals surface area contributed by atoms with E-state index in [-0.39, 0.29) is 5.69 Å². The molecule has 0 saturated carbocycles. The Morgan fingerprint density at radius 2 is 1.76 bits per heavy atom. The number of fused-ring (bicyclic) bond motifs is 1. The van der Waals surface area contributed by atoms with Crippen molar-refractivity contribution in [1.82, 2.24) is 14.3 Å². The topological polar surface area (TPSA) is 136 Å². The van der Waals surface area contributed by atoms with Crippen LogP contribution in [0.1, 0.15) is 0 Å². The largest absolute Gasteiger partial charge is 0.755 e. The van der Waals surface area contributed by atoms with Crippen LogP contribution in [0.25, 0.3) is 16.6 Å². The van der Waals surface area contributed by atoms with Crippen LogP contribution in [0.4, 0.5) is 10.5 Å². The molecule has 2 aromatic carbocycles. The Bertz CT molecular complexity index is 1090. The monoisotopic (exact) mass is 359 g/mol. The average molecular weight is 359 g/mol. The van der Waals surface area contributed by atoms with Gasteiger partial charge >= 0.3 is 11.7 Å². The quantitative estimate of drug-likeness (QED) is 0.588. The van der Waals surface area contributed by atoms with E-state index in [0.717, 1.165) is 4.57 Å². The third kappa shape index (κ3) is 3.49. The molecule has 0 aliphatic rings. The van der Waals surface area contributed by atoms with Gasteiger partial charge in [-0.05, 0) is 36.4 Å². The van der Waals surface area contributed by atoms with Crippen molar-refractivity contribution in [3.8, 4) is 5.69 Å². The highest BCUT2D eigenvalue weighted by molar-refractivity contribution is 7.77. The summed E-state index contributed by atoms with van der Waals surface area (Å²) < 4.78 is 23.3. The lowest BCUT2D eigenvalue weighted by Gasteiger charge is -2.10. The summed E-state index contributed by atoms with van der Waals surface area (Å²) in [5, 5.41) is 2.66. The minimum atomic E-state index is -2.73. The van der Waals surface area contributed by atoms with E-state index in [0.29, 0.717) is 16.6 Å². The molecular weight excluding hydrogens is 348 g/mol. The molecule has 0 saturated heterocycles. The fourth-order valence-corrected chi connectivity index (χ4v) is 2.53. The number of nitrogens with one attached hydrogen (secondary N) is 3. The smallest absolute Gasteiger partial charge is 0.333 e. The molecule has 1 aromatic heterocycles. The SMILES string of the molecule is O=C(Nc1ccc(-n2c(=O)[nH]c3ccccc3c2=O)cc1)NS(=O)[O-]. The van der Waals surface area contributed by atoms with Gasteiger partial charge in [-0.3, -0.25) is 13.7 Å². The van der Waals surface area contributed by atoms with Crippen molar-refractivity contribution in [3.63, 3.8) is 0 Å². The number of anilines is 1. The van der Waals surface area contributed by atoms with E-state index in [2.05, 4.69) is 10.3 Å². The molecule has 0 aliphatic heterocycles. The highest BCUT2D eigenvalue weighted by Gasteiger charge is 2.09. The lowest BCUT2D eigenvalue weighted by Crippen LogP contribution is -2.33. The summed E-state index contributed by atoms with van der Waals surface area (Å²) in [6.07, 6.45) is 0. The van der Waals surface area contributed by atoms with Gasteiger partial charge in [0.2, 0.25) is 0 Å². The summed E-state index contributed by atoms with van der Waals surface area (Å²) in [5.41, 5.74) is -0.0369. The van der Waals surface area contributed by atoms with Gasteiger partial charge in [-0.2, -0.15) is 0 Å². The molecule has 3 rings (SSSR count). The number of aromatic amines is 1. The van der Waals surface area contributed by atoms with Crippen LogP contribution in [0.15, 0.2) is 58.1 Å². The van der Waals surface area contributed by atoms with Gasteiger partial charge in [0, 0.05) is 17.0 Å². The maximum Gasteiger partial charge on any atom is 0.333 e. The van der Waals surface area contributed by atoms with Crippen LogP contribution in [-0.4, -0.2) is 24.3 Å². The molecule has 1 heterocycles. The van der Waals surface area contributed by atoms with Crippen LogP contribution in [0.3, 0.4) is 0 Å². The molecule has 0 bridgehead atoms. The Balaban J connectivity index is 1.97. The molecule has 3 N–H and O–H groups in total. The first-order valence-corrected chi connectivity index (χ1v) is 8.04. The van der Waals surface area contributed by atoms with Gasteiger partial charge < -0.3 is 14.9 Å². The predicted molar refractivity (Wildman–Crippen MR) is 91.2 cm³/mol. The first-order chi connectivity index (χ1) is 12.0. The van der Waals surface area contributed by atoms with Crippen molar-refractivity contribution in [2.75, 3.05) is 5.32 Å². The van der Waals surface area contributed by atoms with Gasteiger partial charge in [-0.15, -0.1) is 0 Å². The number of carbonyl (C=O) groups excluding carboxylic acids is 1. The van der Waals surface area contributed by atoms with E-state index in [1.54, 1.807) is 29.0 Å². The van der Waals surface area contributed by atoms with Gasteiger partial charge in [-0.1, -0.05) is 12.1 Å². The first-order valence-electron chi connectivity index (χ1n) is 6.97. The molecule has 2 amide bonds. The van der Waals surface area contributed by atoms with Gasteiger partial charge in [0.1, 0.15) is 0 Å². The van der Waals surface area contributed by atoms with Crippen LogP contribution in [0.2, 0.25) is 0 Å². The van der Waals surface area contributed by atoms with E-state index in [4.69, 9.17) is 0 Å². The Morgan fingerprint density at radius 1 is 1.08 bits per heavy atom. The number of aromatic nitrogens is 2. The van der Waals surface area contributed by atoms with Crippen LogP contribution in [0.5, 0.6) is 0 Å². The van der Waals surface area contributed by atoms with Crippen LogP contribution in [0, 0.1) is 0 Å². The fourth-order valence-electron chi connectivity index (χ4n) is 2.32. The molecule has 0 fully saturated rings. The second-order valence-corrected chi connectivity index (χ2v) is 5.63. The number of para-hydroxylation sites is 1. The fraction of sp³-hybridized carbons (Fsp3) is 0. The van der Waals surface area contributed by atoms with Crippen LogP contribution >= 0.6 is 0 Å². The van der Waals surface area contributed by atoms with Crippen molar-refractivity contribution in [2.45, 2.75) is 0 Å². The number of nitrogens with zero attached hydrogens (tertiary/aromatic N) is 1. The molecule has 0 radical (unpaired) electrons. The van der Waals surface area contributed by atoms with E-state index >= 15 is 0 Å². The zero-order chi connectivity index (χ0) is 18.0. The van der Waals surface area contributed by atoms with Gasteiger partial charge in [0.25, 0.3) is 5.56 Å². The van der Waals surface area contributed by atoms with E-state index < -0.39 is 28.5 Å². The van der Waals surface area contributed by atoms with E-state index in [1.807, 2.05) is 0 Å². The number of hydrogen-bond acceptors (Lipinski definition) is 5. The first kappa shape index (κ1) is 16.6. The number of hydrogen-bond donors (Lipinski definition) is 3. The summed E-state index contributed by atoms with van der Waals surface area (Å²) in [4.78, 5) is 38.7. The average Bonchev–Trinajstić information content (AvgIpc) is 2.55. The number of H-pyrrole nitrogens is 1. The minimum Gasteiger partial charge on any atom is -0.755 e. The number of benzene rings is 2. The molecule has 25 heavy (non-hydrogen) atoms. The second-order valence-electron chi connectivity index (χ2n) is 4.95. The third-order valence-electron chi connectivity index (χ3n) is 3.36. The maximum atomic E-state index is 12.5. The Hall–Kier alpha value is -3.24. The Labute approximate surface area is 142 Å². The molecule has 1 unspecified atom stereocenters. The standard InChI is InChI=1S/C15H12N4O5S/c20-13-11-3-1-2-4-12(11)17-15(22)19(13)10-7-5-9(6-8-10)16-14(21)18-25(23)24/h1-8H,(H,17,22)(H,23,24)(H2,16,18,21)/p-1. The summed E-state index contributed by atoms with van der Waals surface area (Å²) in [5.74, 6) is 0. The lowest BCUT2D eigenvalue weighted by molar-refractivity contribution is 0.256. The molecule has 3 aromatic rings. The normalized spacial score (nSPS) is 11.9. The molecule has 1 atom stereocenters. The van der Waals surface area contributed by atoms with Gasteiger partial charge in [0.05, 0.1) is 16.6 Å². The van der Waals surface area contributed by atoms with Crippen molar-refractivity contribution in [3.05, 3.63) is 69.4 Å². The highest BCUT2D eigenvalue weighted by Crippen LogP contribution is 2.12. The third-order valence-corrected chi connectivity index (χ3v) is 3.72. The highest BCUT2D eigenvalue weighted by atomic mass is 32.2. The second kappa shape index (κ2) is 6.71. The summed E-state index contributed by atoms with van der Waals surface area (Å²) in [6, 6.07) is 11.5.